The van der Waals surface area contributed by atoms with E-state index in [2.05, 4.69) is 11.6 Å². The summed E-state index contributed by atoms with van der Waals surface area (Å²) in [6.45, 7) is -1.48. The Balaban J connectivity index is 3.72. The predicted octanol–water partition coefficient (Wildman–Crippen LogP) is 2.30. The summed E-state index contributed by atoms with van der Waals surface area (Å²) < 4.78 is 33.3. The van der Waals surface area contributed by atoms with E-state index in [0.29, 0.717) is 0 Å². The highest BCUT2D eigenvalue weighted by Gasteiger charge is 1.98. The molecule has 0 amide bonds. The Bertz CT molecular complexity index is 84.2. The minimum Gasteiger partial charge on any atom is -0.243 e. The summed E-state index contributed by atoms with van der Waals surface area (Å²) in [6.07, 6.45) is 0. The van der Waals surface area contributed by atoms with Crippen LogP contribution in [-0.4, -0.2) is 6.67 Å². The topological polar surface area (TPSA) is 0 Å². The van der Waals surface area contributed by atoms with Gasteiger partial charge in [-0.25, -0.2) is 8.78 Å². The molecule has 0 spiro atoms. The summed E-state index contributed by atoms with van der Waals surface area (Å²) >= 11 is 4.33. The Morgan fingerprint density at radius 2 is 1.86 bits per heavy atom. The maximum Gasteiger partial charge on any atom is 0.223 e. The molecule has 4 heteroatoms. The average molecular weight is 130 g/mol. The molecule has 0 aromatic carbocycles. The summed E-state index contributed by atoms with van der Waals surface area (Å²) in [4.78, 5) is 0. The van der Waals surface area contributed by atoms with Gasteiger partial charge in [0.1, 0.15) is 6.67 Å². The monoisotopic (exact) mass is 130 g/mol. The Morgan fingerprint density at radius 3 is 1.86 bits per heavy atom. The largest absolute Gasteiger partial charge is 0.243 e. The molecule has 0 radical (unpaired) electrons. The molecule has 0 aromatic rings. The van der Waals surface area contributed by atoms with Gasteiger partial charge in [0.05, 0.1) is 0 Å². The van der Waals surface area contributed by atoms with Gasteiger partial charge < -0.3 is 0 Å². The standard InChI is InChI=1S/C3H2ClF3/c4-3(7)2(6)1-5/h1H2/b3-2+. The van der Waals surface area contributed by atoms with Crippen molar-refractivity contribution in [2.24, 2.45) is 0 Å². The quantitative estimate of drug-likeness (QED) is 0.511. The molecule has 0 N–H and O–H groups in total. The molecule has 0 saturated heterocycles. The molecule has 0 aliphatic rings. The first-order chi connectivity index (χ1) is 3.18. The maximum atomic E-state index is 11.3. The number of hydrogen-bond acceptors (Lipinski definition) is 0. The van der Waals surface area contributed by atoms with Gasteiger partial charge in [-0.05, 0) is 11.6 Å². The van der Waals surface area contributed by atoms with E-state index >= 15 is 0 Å². The minimum atomic E-state index is -1.61. The van der Waals surface area contributed by atoms with Gasteiger partial charge in [-0.15, -0.1) is 0 Å². The summed E-state index contributed by atoms with van der Waals surface area (Å²) in [5.41, 5.74) is 0. The fourth-order valence-electron chi connectivity index (χ4n) is 0.0505. The Hall–Kier alpha value is -0.180. The van der Waals surface area contributed by atoms with Gasteiger partial charge in [-0.1, -0.05) is 0 Å². The van der Waals surface area contributed by atoms with Crippen LogP contribution in [0.2, 0.25) is 0 Å². The van der Waals surface area contributed by atoms with Crippen LogP contribution in [0, 0.1) is 0 Å². The fourth-order valence-corrected chi connectivity index (χ4v) is 0.101. The number of alkyl halides is 1. The molecule has 0 unspecified atom stereocenters. The molecule has 0 bridgehead atoms. The zero-order valence-electron chi connectivity index (χ0n) is 3.22. The van der Waals surface area contributed by atoms with Crippen molar-refractivity contribution < 1.29 is 13.2 Å². The van der Waals surface area contributed by atoms with E-state index < -0.39 is 17.8 Å². The van der Waals surface area contributed by atoms with Crippen LogP contribution in [0.4, 0.5) is 13.2 Å². The van der Waals surface area contributed by atoms with E-state index in [-0.39, 0.29) is 0 Å². The normalized spacial score (nSPS) is 13.7. The molecule has 0 aliphatic heterocycles. The van der Waals surface area contributed by atoms with E-state index in [1.54, 1.807) is 0 Å². The number of allylic oxidation sites excluding steroid dienone is 1. The summed E-state index contributed by atoms with van der Waals surface area (Å²) in [5, 5.41) is -1.61. The van der Waals surface area contributed by atoms with Gasteiger partial charge in [0.25, 0.3) is 0 Å². The first kappa shape index (κ1) is 6.82. The lowest BCUT2D eigenvalue weighted by Crippen LogP contribution is -1.74. The first-order valence-electron chi connectivity index (χ1n) is 1.44. The molecular weight excluding hydrogens is 128 g/mol. The molecular formula is C3H2ClF3. The second-order valence-electron chi connectivity index (χ2n) is 0.799. The summed E-state index contributed by atoms with van der Waals surface area (Å²) in [5.74, 6) is -1.55. The fraction of sp³-hybridized carbons (Fsp3) is 0.333. The van der Waals surface area contributed by atoms with Gasteiger partial charge in [-0.2, -0.15) is 4.39 Å². The predicted molar refractivity (Wildman–Crippen MR) is 21.1 cm³/mol. The molecule has 42 valence electrons. The van der Waals surface area contributed by atoms with Gasteiger partial charge in [0, 0.05) is 0 Å². The molecule has 0 atom stereocenters. The van der Waals surface area contributed by atoms with Crippen LogP contribution >= 0.6 is 11.6 Å². The van der Waals surface area contributed by atoms with E-state index in [4.69, 9.17) is 0 Å². The van der Waals surface area contributed by atoms with Crippen molar-refractivity contribution in [3.05, 3.63) is 11.1 Å². The smallest absolute Gasteiger partial charge is 0.223 e. The highest BCUT2D eigenvalue weighted by atomic mass is 35.5. The molecule has 0 saturated carbocycles. The van der Waals surface area contributed by atoms with Crippen LogP contribution in [0.1, 0.15) is 0 Å². The zero-order valence-corrected chi connectivity index (χ0v) is 3.97. The lowest BCUT2D eigenvalue weighted by atomic mass is 10.7. The van der Waals surface area contributed by atoms with Crippen molar-refractivity contribution in [1.29, 1.82) is 0 Å². The molecule has 7 heavy (non-hydrogen) atoms. The third-order valence-corrected chi connectivity index (χ3v) is 0.527. The molecule has 0 nitrogen and oxygen atoms in total. The van der Waals surface area contributed by atoms with E-state index in [1.807, 2.05) is 0 Å². The average Bonchev–Trinajstić information content (AvgIpc) is 1.65. The minimum absolute atomic E-state index is 1.48. The third-order valence-electron chi connectivity index (χ3n) is 0.322. The second kappa shape index (κ2) is 2.91. The lowest BCUT2D eigenvalue weighted by molar-refractivity contribution is 0.439. The van der Waals surface area contributed by atoms with Crippen molar-refractivity contribution in [3.63, 3.8) is 0 Å². The van der Waals surface area contributed by atoms with Crippen LogP contribution in [0.3, 0.4) is 0 Å². The van der Waals surface area contributed by atoms with Gasteiger partial charge in [0.2, 0.25) is 5.29 Å². The van der Waals surface area contributed by atoms with Crippen molar-refractivity contribution >= 4 is 11.6 Å². The van der Waals surface area contributed by atoms with E-state index in [9.17, 15) is 13.2 Å². The molecule has 0 heterocycles. The maximum absolute atomic E-state index is 11.3. The molecule has 0 aliphatic carbocycles. The SMILES string of the molecule is FC/C(F)=C(\F)Cl. The Morgan fingerprint density at radius 1 is 1.43 bits per heavy atom. The number of rotatable bonds is 1. The van der Waals surface area contributed by atoms with Crippen molar-refractivity contribution in [1.82, 2.24) is 0 Å². The second-order valence-corrected chi connectivity index (χ2v) is 1.13. The van der Waals surface area contributed by atoms with Crippen molar-refractivity contribution in [2.75, 3.05) is 6.67 Å². The summed E-state index contributed by atoms with van der Waals surface area (Å²) in [6, 6.07) is 0. The van der Waals surface area contributed by atoms with Crippen LogP contribution in [0.25, 0.3) is 0 Å². The third kappa shape index (κ3) is 2.51. The van der Waals surface area contributed by atoms with E-state index in [0.717, 1.165) is 0 Å². The molecule has 0 aromatic heterocycles. The lowest BCUT2D eigenvalue weighted by Gasteiger charge is -1.80. The highest BCUT2D eigenvalue weighted by molar-refractivity contribution is 6.28. The number of halogens is 4. The first-order valence-corrected chi connectivity index (χ1v) is 1.82. The Kier molecular flexibility index (Phi) is 2.83. The van der Waals surface area contributed by atoms with Gasteiger partial charge in [0.15, 0.2) is 5.83 Å². The molecule has 0 fully saturated rings. The van der Waals surface area contributed by atoms with Crippen LogP contribution < -0.4 is 0 Å². The van der Waals surface area contributed by atoms with Crippen LogP contribution in [-0.2, 0) is 0 Å². The summed E-state index contributed by atoms with van der Waals surface area (Å²) in [7, 11) is 0. The highest BCUT2D eigenvalue weighted by Crippen LogP contribution is 2.11. The van der Waals surface area contributed by atoms with Crippen LogP contribution in [0.15, 0.2) is 11.1 Å². The molecule has 0 rings (SSSR count). The van der Waals surface area contributed by atoms with Crippen molar-refractivity contribution in [2.45, 2.75) is 0 Å². The van der Waals surface area contributed by atoms with Gasteiger partial charge >= 0.3 is 0 Å². The van der Waals surface area contributed by atoms with E-state index in [1.165, 1.54) is 0 Å². The Labute approximate surface area is 43.6 Å². The van der Waals surface area contributed by atoms with Crippen LogP contribution in [0.5, 0.6) is 0 Å². The van der Waals surface area contributed by atoms with Crippen molar-refractivity contribution in [3.8, 4) is 0 Å². The zero-order chi connectivity index (χ0) is 5.86. The van der Waals surface area contributed by atoms with Gasteiger partial charge in [-0.3, -0.25) is 0 Å². The number of hydrogen-bond donors (Lipinski definition) is 0.